The molecule has 29 heavy (non-hydrogen) atoms. The van der Waals surface area contributed by atoms with Gasteiger partial charge in [0.15, 0.2) is 5.96 Å². The minimum absolute atomic E-state index is 0. The van der Waals surface area contributed by atoms with Crippen molar-refractivity contribution in [1.29, 1.82) is 0 Å². The highest BCUT2D eigenvalue weighted by atomic mass is 127. The van der Waals surface area contributed by atoms with Gasteiger partial charge < -0.3 is 15.4 Å². The highest BCUT2D eigenvalue weighted by Crippen LogP contribution is 2.15. The van der Waals surface area contributed by atoms with Crippen molar-refractivity contribution in [2.75, 3.05) is 13.1 Å². The maximum atomic E-state index is 5.98. The SMILES string of the molecule is CCNC(=NCC(C)Oc1cccc(C)c1)NC(C)Cc1c(C)nn(C)c1C.I. The lowest BCUT2D eigenvalue weighted by molar-refractivity contribution is 0.230. The fourth-order valence-electron chi connectivity index (χ4n) is 3.20. The number of hydrogen-bond donors (Lipinski definition) is 2. The molecule has 7 heteroatoms. The van der Waals surface area contributed by atoms with Crippen LogP contribution in [0, 0.1) is 20.8 Å². The second-order valence-corrected chi connectivity index (χ2v) is 7.49. The van der Waals surface area contributed by atoms with E-state index in [-0.39, 0.29) is 36.1 Å². The first-order valence-corrected chi connectivity index (χ1v) is 10.1. The molecule has 2 rings (SSSR count). The number of hydrogen-bond acceptors (Lipinski definition) is 3. The van der Waals surface area contributed by atoms with Gasteiger partial charge in [-0.05, 0) is 71.2 Å². The largest absolute Gasteiger partial charge is 0.489 e. The molecular weight excluding hydrogens is 477 g/mol. The first kappa shape index (κ1) is 25.3. The Morgan fingerprint density at radius 1 is 1.24 bits per heavy atom. The van der Waals surface area contributed by atoms with Gasteiger partial charge in [-0.15, -0.1) is 24.0 Å². The Hall–Kier alpha value is -1.77. The molecule has 0 bridgehead atoms. The fraction of sp³-hybridized carbons (Fsp3) is 0.545. The summed E-state index contributed by atoms with van der Waals surface area (Å²) in [5.41, 5.74) is 4.80. The minimum atomic E-state index is -0.00428. The van der Waals surface area contributed by atoms with Gasteiger partial charge in [0.25, 0.3) is 0 Å². The third-order valence-corrected chi connectivity index (χ3v) is 4.73. The number of ether oxygens (including phenoxy) is 1. The number of aliphatic imine (C=N–C) groups is 1. The standard InChI is InChI=1S/C22H35N5O.HI/c1-8-23-22(24-14-17(4)28-20-11-9-10-15(2)12-20)25-16(3)13-21-18(5)26-27(7)19(21)6;/h9-12,16-17H,8,13-14H2,1-7H3,(H2,23,24,25);1H. The quantitative estimate of drug-likeness (QED) is 0.319. The molecule has 0 aliphatic rings. The zero-order chi connectivity index (χ0) is 20.7. The number of benzene rings is 1. The lowest BCUT2D eigenvalue weighted by Gasteiger charge is -2.19. The first-order valence-electron chi connectivity index (χ1n) is 10.1. The van der Waals surface area contributed by atoms with Gasteiger partial charge in [-0.3, -0.25) is 4.68 Å². The molecule has 6 nitrogen and oxygen atoms in total. The third-order valence-electron chi connectivity index (χ3n) is 4.73. The molecule has 0 radical (unpaired) electrons. The maximum Gasteiger partial charge on any atom is 0.191 e. The van der Waals surface area contributed by atoms with Crippen LogP contribution in [0.5, 0.6) is 5.75 Å². The molecule has 0 fully saturated rings. The van der Waals surface area contributed by atoms with Crippen molar-refractivity contribution in [3.63, 3.8) is 0 Å². The lowest BCUT2D eigenvalue weighted by atomic mass is 10.1. The van der Waals surface area contributed by atoms with Gasteiger partial charge in [0, 0.05) is 25.3 Å². The summed E-state index contributed by atoms with van der Waals surface area (Å²) in [6.07, 6.45) is 0.904. The summed E-state index contributed by atoms with van der Waals surface area (Å²) in [6, 6.07) is 8.35. The van der Waals surface area contributed by atoms with E-state index in [0.29, 0.717) is 6.54 Å². The molecule has 1 aromatic heterocycles. The lowest BCUT2D eigenvalue weighted by Crippen LogP contribution is -2.43. The molecule has 2 unspecified atom stereocenters. The van der Waals surface area contributed by atoms with E-state index >= 15 is 0 Å². The highest BCUT2D eigenvalue weighted by molar-refractivity contribution is 14.0. The molecule has 2 aromatic rings. The Morgan fingerprint density at radius 3 is 2.55 bits per heavy atom. The second kappa shape index (κ2) is 12.0. The van der Waals surface area contributed by atoms with Crippen molar-refractivity contribution in [1.82, 2.24) is 20.4 Å². The number of halogens is 1. The van der Waals surface area contributed by atoms with E-state index in [1.165, 1.54) is 16.8 Å². The molecule has 0 aliphatic carbocycles. The topological polar surface area (TPSA) is 63.5 Å². The van der Waals surface area contributed by atoms with Crippen molar-refractivity contribution >= 4 is 29.9 Å². The van der Waals surface area contributed by atoms with Crippen LogP contribution in [0.1, 0.15) is 43.3 Å². The molecule has 0 saturated heterocycles. The summed E-state index contributed by atoms with van der Waals surface area (Å²) in [5.74, 6) is 1.70. The van der Waals surface area contributed by atoms with Gasteiger partial charge in [-0.2, -0.15) is 5.10 Å². The van der Waals surface area contributed by atoms with Crippen LogP contribution in [-0.4, -0.2) is 41.0 Å². The Bertz CT molecular complexity index is 802. The van der Waals surface area contributed by atoms with Gasteiger partial charge in [0.2, 0.25) is 0 Å². The smallest absolute Gasteiger partial charge is 0.191 e. The van der Waals surface area contributed by atoms with Crippen molar-refractivity contribution in [3.05, 3.63) is 46.8 Å². The summed E-state index contributed by atoms with van der Waals surface area (Å²) in [6.45, 7) is 13.9. The summed E-state index contributed by atoms with van der Waals surface area (Å²) < 4.78 is 7.93. The molecule has 2 atom stereocenters. The maximum absolute atomic E-state index is 5.98. The number of nitrogens with one attached hydrogen (secondary N) is 2. The van der Waals surface area contributed by atoms with Gasteiger partial charge in [0.05, 0.1) is 12.2 Å². The molecule has 1 aromatic carbocycles. The Morgan fingerprint density at radius 2 is 1.97 bits per heavy atom. The number of nitrogens with zero attached hydrogens (tertiary/aromatic N) is 3. The first-order chi connectivity index (χ1) is 13.3. The molecule has 0 spiro atoms. The number of rotatable bonds is 8. The van der Waals surface area contributed by atoms with Gasteiger partial charge >= 0.3 is 0 Å². The minimum Gasteiger partial charge on any atom is -0.489 e. The predicted molar refractivity (Wildman–Crippen MR) is 132 cm³/mol. The number of aryl methyl sites for hydroxylation is 3. The Balaban J connectivity index is 0.00000420. The molecule has 162 valence electrons. The van der Waals surface area contributed by atoms with Crippen LogP contribution >= 0.6 is 24.0 Å². The summed E-state index contributed by atoms with van der Waals surface area (Å²) in [7, 11) is 1.99. The molecular formula is C22H36IN5O. The monoisotopic (exact) mass is 513 g/mol. The number of aromatic nitrogens is 2. The molecule has 1 heterocycles. The highest BCUT2D eigenvalue weighted by Gasteiger charge is 2.14. The summed E-state index contributed by atoms with van der Waals surface area (Å²) in [4.78, 5) is 4.71. The van der Waals surface area contributed by atoms with E-state index < -0.39 is 0 Å². The molecule has 0 aliphatic heterocycles. The van der Waals surface area contributed by atoms with E-state index in [1.54, 1.807) is 0 Å². The fourth-order valence-corrected chi connectivity index (χ4v) is 3.20. The molecule has 0 saturated carbocycles. The predicted octanol–water partition coefficient (Wildman–Crippen LogP) is 3.92. The second-order valence-electron chi connectivity index (χ2n) is 7.49. The van der Waals surface area contributed by atoms with E-state index in [4.69, 9.17) is 9.73 Å². The van der Waals surface area contributed by atoms with Crippen LogP contribution < -0.4 is 15.4 Å². The van der Waals surface area contributed by atoms with Crippen molar-refractivity contribution < 1.29 is 4.74 Å². The molecule has 0 amide bonds. The van der Waals surface area contributed by atoms with Gasteiger partial charge in [-0.1, -0.05) is 12.1 Å². The van der Waals surface area contributed by atoms with Crippen molar-refractivity contribution in [2.45, 2.75) is 60.1 Å². The zero-order valence-electron chi connectivity index (χ0n) is 18.7. The average molecular weight is 513 g/mol. The van der Waals surface area contributed by atoms with Crippen molar-refractivity contribution in [2.24, 2.45) is 12.0 Å². The molecule has 2 N–H and O–H groups in total. The number of guanidine groups is 1. The Labute approximate surface area is 192 Å². The Kier molecular flexibility index (Phi) is 10.5. The van der Waals surface area contributed by atoms with E-state index in [9.17, 15) is 0 Å². The van der Waals surface area contributed by atoms with Crippen LogP contribution in [0.2, 0.25) is 0 Å². The van der Waals surface area contributed by atoms with Crippen LogP contribution in [0.25, 0.3) is 0 Å². The van der Waals surface area contributed by atoms with Crippen LogP contribution in [0.15, 0.2) is 29.3 Å². The van der Waals surface area contributed by atoms with E-state index in [0.717, 1.165) is 30.4 Å². The normalized spacial score (nSPS) is 13.4. The van der Waals surface area contributed by atoms with E-state index in [2.05, 4.69) is 56.4 Å². The van der Waals surface area contributed by atoms with Gasteiger partial charge in [0.1, 0.15) is 11.9 Å². The third kappa shape index (κ3) is 7.87. The zero-order valence-corrected chi connectivity index (χ0v) is 21.1. The average Bonchev–Trinajstić information content (AvgIpc) is 2.86. The van der Waals surface area contributed by atoms with E-state index in [1.807, 2.05) is 36.9 Å². The van der Waals surface area contributed by atoms with Crippen LogP contribution in [-0.2, 0) is 13.5 Å². The summed E-state index contributed by atoms with van der Waals surface area (Å²) >= 11 is 0. The van der Waals surface area contributed by atoms with Gasteiger partial charge in [-0.25, -0.2) is 4.99 Å². The van der Waals surface area contributed by atoms with Crippen molar-refractivity contribution in [3.8, 4) is 5.75 Å². The van der Waals surface area contributed by atoms with Crippen LogP contribution in [0.4, 0.5) is 0 Å². The van der Waals surface area contributed by atoms with Crippen LogP contribution in [0.3, 0.4) is 0 Å². The summed E-state index contributed by atoms with van der Waals surface area (Å²) in [5, 5.41) is 11.3.